The van der Waals surface area contributed by atoms with E-state index in [1.165, 1.54) is 0 Å². The first kappa shape index (κ1) is 17.2. The summed E-state index contributed by atoms with van der Waals surface area (Å²) in [5, 5.41) is 13.1. The lowest BCUT2D eigenvalue weighted by atomic mass is 9.69. The minimum atomic E-state index is -0.502. The number of aliphatic hydroxyl groups excluding tert-OH is 1. The number of hydrogen-bond donors (Lipinski definition) is 2. The van der Waals surface area contributed by atoms with Crippen LogP contribution in [0.15, 0.2) is 24.3 Å². The minimum absolute atomic E-state index is 0.0433. The molecule has 2 N–H and O–H groups in total. The van der Waals surface area contributed by atoms with Gasteiger partial charge < -0.3 is 24.8 Å². The Morgan fingerprint density at radius 2 is 2.27 bits per heavy atom. The zero-order valence-electron chi connectivity index (χ0n) is 15.5. The van der Waals surface area contributed by atoms with Crippen LogP contribution in [0.25, 0.3) is 0 Å². The molecule has 0 saturated carbocycles. The van der Waals surface area contributed by atoms with Gasteiger partial charge in [0.15, 0.2) is 11.5 Å². The molecule has 0 aromatic heterocycles. The van der Waals surface area contributed by atoms with Gasteiger partial charge in [0.05, 0.1) is 18.6 Å². The Bertz CT molecular complexity index is 760. The van der Waals surface area contributed by atoms with Crippen LogP contribution in [0.5, 0.6) is 11.5 Å². The van der Waals surface area contributed by atoms with Crippen LogP contribution < -0.4 is 14.8 Å². The molecule has 0 fully saturated rings. The third-order valence-electron chi connectivity index (χ3n) is 5.66. The van der Waals surface area contributed by atoms with E-state index in [2.05, 4.69) is 11.4 Å². The van der Waals surface area contributed by atoms with E-state index in [1.807, 2.05) is 37.0 Å². The molecule has 0 saturated heterocycles. The summed E-state index contributed by atoms with van der Waals surface area (Å²) in [6.45, 7) is 5.10. The number of urea groups is 1. The molecule has 0 bridgehead atoms. The van der Waals surface area contributed by atoms with Gasteiger partial charge >= 0.3 is 6.03 Å². The lowest BCUT2D eigenvalue weighted by molar-refractivity contribution is 0.0820. The van der Waals surface area contributed by atoms with E-state index in [-0.39, 0.29) is 23.6 Å². The Morgan fingerprint density at radius 1 is 1.46 bits per heavy atom. The van der Waals surface area contributed by atoms with Crippen LogP contribution in [0.4, 0.5) is 4.79 Å². The minimum Gasteiger partial charge on any atom is -0.493 e. The fraction of sp³-hybridized carbons (Fsp3) is 0.550. The normalized spacial score (nSPS) is 28.9. The predicted octanol–water partition coefficient (Wildman–Crippen LogP) is 2.34. The van der Waals surface area contributed by atoms with Crippen LogP contribution in [0.2, 0.25) is 0 Å². The standard InChI is InChI=1S/C20H26N2O4/c1-12(2)21-19(24)22-9-8-20-7-6-14(23)10-16(20)26-18-15(25-3)5-4-13(11-22)17(18)20/h4-7,12,14,16,23H,8-11H2,1-3H3,(H,21,24). The summed E-state index contributed by atoms with van der Waals surface area (Å²) in [6, 6.07) is 3.99. The molecule has 6 heteroatoms. The highest BCUT2D eigenvalue weighted by molar-refractivity contribution is 5.75. The lowest BCUT2D eigenvalue weighted by Crippen LogP contribution is -2.45. The number of ether oxygens (including phenoxy) is 2. The summed E-state index contributed by atoms with van der Waals surface area (Å²) in [7, 11) is 1.64. The van der Waals surface area contributed by atoms with Crippen molar-refractivity contribution in [3.63, 3.8) is 0 Å². The summed E-state index contributed by atoms with van der Waals surface area (Å²) in [4.78, 5) is 14.5. The molecular weight excluding hydrogens is 332 g/mol. The van der Waals surface area contributed by atoms with Gasteiger partial charge in [0, 0.05) is 31.1 Å². The van der Waals surface area contributed by atoms with E-state index < -0.39 is 6.10 Å². The van der Waals surface area contributed by atoms with Crippen LogP contribution in [-0.2, 0) is 12.0 Å². The number of amides is 2. The molecule has 2 amide bonds. The molecule has 140 valence electrons. The molecular formula is C20H26N2O4. The largest absolute Gasteiger partial charge is 0.493 e. The van der Waals surface area contributed by atoms with Gasteiger partial charge in [-0.2, -0.15) is 0 Å². The topological polar surface area (TPSA) is 71.0 Å². The summed E-state index contributed by atoms with van der Waals surface area (Å²) in [6.07, 6.45) is 4.62. The van der Waals surface area contributed by atoms with Crippen LogP contribution in [0, 0.1) is 0 Å². The van der Waals surface area contributed by atoms with E-state index >= 15 is 0 Å². The number of rotatable bonds is 2. The summed E-state index contributed by atoms with van der Waals surface area (Å²) >= 11 is 0. The monoisotopic (exact) mass is 358 g/mol. The molecule has 6 nitrogen and oxygen atoms in total. The number of hydrogen-bond acceptors (Lipinski definition) is 4. The number of carbonyl (C=O) groups excluding carboxylic acids is 1. The van der Waals surface area contributed by atoms with E-state index in [0.29, 0.717) is 25.3 Å². The highest BCUT2D eigenvalue weighted by Gasteiger charge is 2.53. The van der Waals surface area contributed by atoms with Crippen LogP contribution in [0.1, 0.15) is 37.8 Å². The fourth-order valence-electron chi connectivity index (χ4n) is 4.45. The van der Waals surface area contributed by atoms with Gasteiger partial charge in [-0.25, -0.2) is 4.79 Å². The second-order valence-corrected chi connectivity index (χ2v) is 7.72. The zero-order valence-corrected chi connectivity index (χ0v) is 15.5. The molecule has 3 unspecified atom stereocenters. The van der Waals surface area contributed by atoms with Gasteiger partial charge in [0.1, 0.15) is 6.10 Å². The third kappa shape index (κ3) is 2.55. The highest BCUT2D eigenvalue weighted by atomic mass is 16.5. The van der Waals surface area contributed by atoms with E-state index in [0.717, 1.165) is 23.3 Å². The summed E-state index contributed by atoms with van der Waals surface area (Å²) in [5.41, 5.74) is 1.89. The van der Waals surface area contributed by atoms with Gasteiger partial charge in [-0.05, 0) is 31.9 Å². The second kappa shape index (κ2) is 6.20. The van der Waals surface area contributed by atoms with Crippen LogP contribution in [0.3, 0.4) is 0 Å². The number of nitrogens with zero attached hydrogens (tertiary/aromatic N) is 1. The van der Waals surface area contributed by atoms with Gasteiger partial charge in [-0.3, -0.25) is 0 Å². The summed E-state index contributed by atoms with van der Waals surface area (Å²) < 4.78 is 11.8. The Kier molecular flexibility index (Phi) is 4.10. The van der Waals surface area contributed by atoms with Crippen molar-refractivity contribution >= 4 is 6.03 Å². The van der Waals surface area contributed by atoms with Gasteiger partial charge in [0.2, 0.25) is 0 Å². The number of carbonyl (C=O) groups is 1. The van der Waals surface area contributed by atoms with Crippen molar-refractivity contribution in [1.29, 1.82) is 0 Å². The molecule has 3 aliphatic rings. The molecule has 1 aromatic rings. The molecule has 1 aliphatic carbocycles. The van der Waals surface area contributed by atoms with E-state index in [9.17, 15) is 9.90 Å². The number of benzene rings is 1. The van der Waals surface area contributed by atoms with Gasteiger partial charge in [0.25, 0.3) is 0 Å². The molecule has 2 aliphatic heterocycles. The smallest absolute Gasteiger partial charge is 0.317 e. The highest BCUT2D eigenvalue weighted by Crippen LogP contribution is 2.55. The molecule has 0 radical (unpaired) electrons. The average molecular weight is 358 g/mol. The Balaban J connectivity index is 1.79. The molecule has 1 aromatic carbocycles. The molecule has 1 spiro atoms. The third-order valence-corrected chi connectivity index (χ3v) is 5.66. The molecule has 26 heavy (non-hydrogen) atoms. The molecule has 2 heterocycles. The Labute approximate surface area is 153 Å². The van der Waals surface area contributed by atoms with Crippen molar-refractivity contribution in [3.05, 3.63) is 35.4 Å². The SMILES string of the molecule is COc1ccc2c3c1OC1CC(O)C=CC31CCN(C(=O)NC(C)C)C2. The zero-order chi connectivity index (χ0) is 18.5. The van der Waals surface area contributed by atoms with Crippen LogP contribution in [-0.4, -0.2) is 47.9 Å². The number of aliphatic hydroxyl groups is 1. The van der Waals surface area contributed by atoms with E-state index in [1.54, 1.807) is 7.11 Å². The van der Waals surface area contributed by atoms with Crippen LogP contribution >= 0.6 is 0 Å². The first-order valence-electron chi connectivity index (χ1n) is 9.24. The Morgan fingerprint density at radius 3 is 3.00 bits per heavy atom. The number of methoxy groups -OCH3 is 1. The molecule has 4 rings (SSSR count). The van der Waals surface area contributed by atoms with Crippen molar-refractivity contribution in [2.24, 2.45) is 0 Å². The molecule has 3 atom stereocenters. The second-order valence-electron chi connectivity index (χ2n) is 7.72. The average Bonchev–Trinajstić information content (AvgIpc) is 2.82. The van der Waals surface area contributed by atoms with Crippen molar-refractivity contribution in [3.8, 4) is 11.5 Å². The first-order chi connectivity index (χ1) is 12.4. The first-order valence-corrected chi connectivity index (χ1v) is 9.24. The number of nitrogens with one attached hydrogen (secondary N) is 1. The summed E-state index contributed by atoms with van der Waals surface area (Å²) in [5.74, 6) is 1.47. The van der Waals surface area contributed by atoms with Gasteiger partial charge in [-0.1, -0.05) is 18.2 Å². The Hall–Kier alpha value is -2.21. The maximum absolute atomic E-state index is 12.6. The maximum atomic E-state index is 12.6. The quantitative estimate of drug-likeness (QED) is 0.796. The van der Waals surface area contributed by atoms with Gasteiger partial charge in [-0.15, -0.1) is 0 Å². The maximum Gasteiger partial charge on any atom is 0.317 e. The predicted molar refractivity (Wildman–Crippen MR) is 97.5 cm³/mol. The van der Waals surface area contributed by atoms with Crippen molar-refractivity contribution in [2.45, 2.75) is 56.9 Å². The van der Waals surface area contributed by atoms with Crippen molar-refractivity contribution in [1.82, 2.24) is 10.2 Å². The lowest BCUT2D eigenvalue weighted by Gasteiger charge is -2.35. The van der Waals surface area contributed by atoms with Crippen molar-refractivity contribution < 1.29 is 19.4 Å². The fourth-order valence-corrected chi connectivity index (χ4v) is 4.45. The van der Waals surface area contributed by atoms with E-state index in [4.69, 9.17) is 9.47 Å². The van der Waals surface area contributed by atoms with Crippen molar-refractivity contribution in [2.75, 3.05) is 13.7 Å².